The fraction of sp³-hybridized carbons (Fsp3) is 0.850. The molecule has 0 aliphatic heterocycles. The van der Waals surface area contributed by atoms with Gasteiger partial charge in [0.05, 0.1) is 12.2 Å². The van der Waals surface area contributed by atoms with E-state index < -0.39 is 18.4 Å². The van der Waals surface area contributed by atoms with E-state index in [1.165, 1.54) is 51.4 Å². The second-order valence-electron chi connectivity index (χ2n) is 6.36. The zero-order valence-corrected chi connectivity index (χ0v) is 16.7. The molecule has 5 heteroatoms. The molecule has 0 bridgehead atoms. The zero-order chi connectivity index (χ0) is 18.9. The fourth-order valence-corrected chi connectivity index (χ4v) is 2.42. The van der Waals surface area contributed by atoms with Crippen molar-refractivity contribution in [1.29, 1.82) is 0 Å². The highest BCUT2D eigenvalue weighted by Crippen LogP contribution is 2.14. The summed E-state index contributed by atoms with van der Waals surface area (Å²) in [5.74, 6) is -0.466. The van der Waals surface area contributed by atoms with Crippen molar-refractivity contribution in [2.45, 2.75) is 97.4 Å². The van der Waals surface area contributed by atoms with E-state index in [4.69, 9.17) is 19.2 Å². The Morgan fingerprint density at radius 2 is 1.48 bits per heavy atom. The summed E-state index contributed by atoms with van der Waals surface area (Å²) in [6.07, 6.45) is 11.2. The van der Waals surface area contributed by atoms with Gasteiger partial charge in [-0.1, -0.05) is 64.9 Å². The monoisotopic (exact) mass is 358 g/mol. The van der Waals surface area contributed by atoms with Crippen molar-refractivity contribution in [2.75, 3.05) is 13.7 Å². The Balaban J connectivity index is 3.74. The van der Waals surface area contributed by atoms with E-state index in [1.807, 2.05) is 0 Å². The van der Waals surface area contributed by atoms with Crippen LogP contribution in [-0.4, -0.2) is 32.1 Å². The van der Waals surface area contributed by atoms with Crippen LogP contribution >= 0.6 is 0 Å². The van der Waals surface area contributed by atoms with Gasteiger partial charge in [0.25, 0.3) is 0 Å². The molecule has 0 heterocycles. The number of esters is 1. The maximum absolute atomic E-state index is 11.6. The number of hydrogen-bond donors (Lipinski definition) is 0. The molecule has 0 saturated carbocycles. The fourth-order valence-electron chi connectivity index (χ4n) is 2.42. The highest BCUT2D eigenvalue weighted by molar-refractivity contribution is 5.88. The van der Waals surface area contributed by atoms with Gasteiger partial charge in [-0.05, 0) is 20.3 Å². The van der Waals surface area contributed by atoms with Crippen molar-refractivity contribution < 1.29 is 24.0 Å². The van der Waals surface area contributed by atoms with E-state index >= 15 is 0 Å². The largest absolute Gasteiger partial charge is 0.463 e. The number of methoxy groups -OCH3 is 1. The zero-order valence-electron chi connectivity index (χ0n) is 16.7. The molecule has 0 aromatic heterocycles. The van der Waals surface area contributed by atoms with Crippen molar-refractivity contribution in [1.82, 2.24) is 0 Å². The van der Waals surface area contributed by atoms with E-state index in [0.29, 0.717) is 6.61 Å². The third-order valence-corrected chi connectivity index (χ3v) is 4.14. The molecule has 0 aliphatic rings. The summed E-state index contributed by atoms with van der Waals surface area (Å²) in [7, 11) is 1.59. The third-order valence-electron chi connectivity index (χ3n) is 4.14. The van der Waals surface area contributed by atoms with Crippen LogP contribution in [0, 0.1) is 0 Å². The van der Waals surface area contributed by atoms with Crippen LogP contribution in [0.3, 0.4) is 0 Å². The first kappa shape index (κ1) is 24.1. The first-order valence-corrected chi connectivity index (χ1v) is 9.77. The lowest BCUT2D eigenvalue weighted by molar-refractivity contribution is -0.388. The van der Waals surface area contributed by atoms with E-state index in [0.717, 1.165) is 12.8 Å². The molecule has 0 saturated heterocycles. The Kier molecular flexibility index (Phi) is 16.0. The molecule has 2 atom stereocenters. The topological polar surface area (TPSA) is 54.0 Å². The molecule has 0 fully saturated rings. The number of unbranched alkanes of at least 4 members (excludes halogenated alkanes) is 8. The van der Waals surface area contributed by atoms with E-state index in [-0.39, 0.29) is 5.57 Å². The number of rotatable bonds is 17. The molecule has 5 nitrogen and oxygen atoms in total. The second kappa shape index (κ2) is 16.6. The molecule has 0 amide bonds. The molecule has 0 aromatic carbocycles. The summed E-state index contributed by atoms with van der Waals surface area (Å²) < 4.78 is 10.2. The molecule has 25 heavy (non-hydrogen) atoms. The SMILES string of the molecule is C=C(C(=O)OCC)C(C)OOC(CCCCCCCCCCC)OC. The number of hydrogen-bond acceptors (Lipinski definition) is 5. The summed E-state index contributed by atoms with van der Waals surface area (Å²) in [5, 5.41) is 0. The molecule has 2 unspecified atom stereocenters. The Morgan fingerprint density at radius 1 is 0.920 bits per heavy atom. The lowest BCUT2D eigenvalue weighted by Gasteiger charge is -2.19. The highest BCUT2D eigenvalue weighted by atomic mass is 17.2. The quantitative estimate of drug-likeness (QED) is 0.0877. The lowest BCUT2D eigenvalue weighted by Crippen LogP contribution is -2.24. The van der Waals surface area contributed by atoms with Crippen LogP contribution in [0.15, 0.2) is 12.2 Å². The van der Waals surface area contributed by atoms with Crippen LogP contribution in [0.4, 0.5) is 0 Å². The van der Waals surface area contributed by atoms with Crippen LogP contribution < -0.4 is 0 Å². The minimum absolute atomic E-state index is 0.236. The van der Waals surface area contributed by atoms with Gasteiger partial charge >= 0.3 is 5.97 Å². The van der Waals surface area contributed by atoms with Gasteiger partial charge < -0.3 is 9.47 Å². The minimum atomic E-state index is -0.570. The average Bonchev–Trinajstić information content (AvgIpc) is 2.62. The van der Waals surface area contributed by atoms with Crippen LogP contribution in [0.2, 0.25) is 0 Å². The van der Waals surface area contributed by atoms with Gasteiger partial charge in [0.1, 0.15) is 6.10 Å². The first-order chi connectivity index (χ1) is 12.1. The van der Waals surface area contributed by atoms with Crippen molar-refractivity contribution in [3.63, 3.8) is 0 Å². The van der Waals surface area contributed by atoms with Gasteiger partial charge in [-0.2, -0.15) is 0 Å². The van der Waals surface area contributed by atoms with Crippen LogP contribution in [0.1, 0.15) is 85.0 Å². The molecular weight excluding hydrogens is 320 g/mol. The van der Waals surface area contributed by atoms with Gasteiger partial charge in [0.2, 0.25) is 0 Å². The first-order valence-electron chi connectivity index (χ1n) is 9.77. The predicted octanol–water partition coefficient (Wildman–Crippen LogP) is 5.34. The summed E-state index contributed by atoms with van der Waals surface area (Å²) in [6, 6.07) is 0. The summed E-state index contributed by atoms with van der Waals surface area (Å²) >= 11 is 0. The minimum Gasteiger partial charge on any atom is -0.463 e. The van der Waals surface area contributed by atoms with Crippen molar-refractivity contribution in [3.05, 3.63) is 12.2 Å². The van der Waals surface area contributed by atoms with Gasteiger partial charge in [0, 0.05) is 13.5 Å². The smallest absolute Gasteiger partial charge is 0.336 e. The maximum Gasteiger partial charge on any atom is 0.336 e. The van der Waals surface area contributed by atoms with Crippen LogP contribution in [-0.2, 0) is 24.0 Å². The van der Waals surface area contributed by atoms with Gasteiger partial charge in [-0.25, -0.2) is 14.6 Å². The average molecular weight is 359 g/mol. The van der Waals surface area contributed by atoms with E-state index in [9.17, 15) is 4.79 Å². The van der Waals surface area contributed by atoms with Gasteiger partial charge in [-0.3, -0.25) is 0 Å². The van der Waals surface area contributed by atoms with Gasteiger partial charge in [0.15, 0.2) is 6.29 Å². The van der Waals surface area contributed by atoms with E-state index in [2.05, 4.69) is 13.5 Å². The molecule has 0 N–H and O–H groups in total. The molecule has 148 valence electrons. The highest BCUT2D eigenvalue weighted by Gasteiger charge is 2.19. The lowest BCUT2D eigenvalue weighted by atomic mass is 10.1. The summed E-state index contributed by atoms with van der Waals surface area (Å²) in [4.78, 5) is 22.1. The van der Waals surface area contributed by atoms with Gasteiger partial charge in [-0.15, -0.1) is 0 Å². The Morgan fingerprint density at radius 3 is 2.00 bits per heavy atom. The van der Waals surface area contributed by atoms with Crippen molar-refractivity contribution in [3.8, 4) is 0 Å². The molecule has 0 spiro atoms. The standard InChI is InChI=1S/C20H38O5/c1-6-8-9-10-11-12-13-14-15-16-19(22-5)25-24-18(4)17(3)20(21)23-7-2/h18-19H,3,6-16H2,1-2,4-5H3. The normalized spacial score (nSPS) is 13.4. The molecule has 0 aromatic rings. The summed E-state index contributed by atoms with van der Waals surface area (Å²) in [6.45, 7) is 9.68. The second-order valence-corrected chi connectivity index (χ2v) is 6.36. The molecular formula is C20H38O5. The van der Waals surface area contributed by atoms with Crippen molar-refractivity contribution >= 4 is 5.97 Å². The Bertz CT molecular complexity index is 343. The number of carbonyl (C=O) groups excluding carboxylic acids is 1. The Hall–Kier alpha value is -0.910. The van der Waals surface area contributed by atoms with Crippen LogP contribution in [0.5, 0.6) is 0 Å². The molecule has 0 radical (unpaired) electrons. The maximum atomic E-state index is 11.6. The third kappa shape index (κ3) is 13.0. The number of carbonyl (C=O) groups is 1. The molecule has 0 rings (SSSR count). The van der Waals surface area contributed by atoms with Crippen molar-refractivity contribution in [2.24, 2.45) is 0 Å². The van der Waals surface area contributed by atoms with E-state index in [1.54, 1.807) is 21.0 Å². The number of ether oxygens (including phenoxy) is 2. The Labute approximate surface area is 154 Å². The predicted molar refractivity (Wildman–Crippen MR) is 100 cm³/mol. The summed E-state index contributed by atoms with van der Waals surface area (Å²) in [5.41, 5.74) is 0.236. The molecule has 0 aliphatic carbocycles. The van der Waals surface area contributed by atoms with Crippen LogP contribution in [0.25, 0.3) is 0 Å².